The van der Waals surface area contributed by atoms with Gasteiger partial charge in [-0.05, 0) is 24.7 Å². The predicted molar refractivity (Wildman–Crippen MR) is 58.1 cm³/mol. The highest BCUT2D eigenvalue weighted by Gasteiger charge is 2.30. The molecule has 0 aliphatic carbocycles. The van der Waals surface area contributed by atoms with E-state index in [0.717, 1.165) is 18.3 Å². The van der Waals surface area contributed by atoms with E-state index in [9.17, 15) is 0 Å². The Kier molecular flexibility index (Phi) is 4.90. The second-order valence-corrected chi connectivity index (χ2v) is 4.69. The summed E-state index contributed by atoms with van der Waals surface area (Å²) < 4.78 is 11.2. The van der Waals surface area contributed by atoms with Crippen LogP contribution in [0.2, 0.25) is 0 Å². The number of hydrogen-bond donors (Lipinski definition) is 0. The highest BCUT2D eigenvalue weighted by molar-refractivity contribution is 4.75. The van der Waals surface area contributed by atoms with Crippen LogP contribution in [0, 0.1) is 11.8 Å². The monoisotopic (exact) mass is 200 g/mol. The van der Waals surface area contributed by atoms with Crippen molar-refractivity contribution in [2.24, 2.45) is 11.8 Å². The molecule has 84 valence electrons. The van der Waals surface area contributed by atoms with Gasteiger partial charge in [0.1, 0.15) is 0 Å². The standard InChI is InChI=1S/C12H24O2/c1-5-6-11-7-10(9(2)3)8-12(13-4)14-11/h9-12H,5-8H2,1-4H3. The van der Waals surface area contributed by atoms with Gasteiger partial charge in [-0.3, -0.25) is 0 Å². The van der Waals surface area contributed by atoms with Gasteiger partial charge in [-0.2, -0.15) is 0 Å². The third kappa shape index (κ3) is 3.25. The number of rotatable bonds is 4. The average Bonchev–Trinajstić information content (AvgIpc) is 2.17. The van der Waals surface area contributed by atoms with E-state index in [1.807, 2.05) is 0 Å². The Morgan fingerprint density at radius 1 is 1.36 bits per heavy atom. The summed E-state index contributed by atoms with van der Waals surface area (Å²) in [5.41, 5.74) is 0. The fourth-order valence-electron chi connectivity index (χ4n) is 2.21. The Labute approximate surface area is 88.0 Å². The van der Waals surface area contributed by atoms with Crippen LogP contribution in [0.1, 0.15) is 46.5 Å². The summed E-state index contributed by atoms with van der Waals surface area (Å²) in [6.07, 6.45) is 5.10. The van der Waals surface area contributed by atoms with E-state index in [1.165, 1.54) is 19.3 Å². The summed E-state index contributed by atoms with van der Waals surface area (Å²) in [6, 6.07) is 0. The highest BCUT2D eigenvalue weighted by atomic mass is 16.7. The molecule has 3 atom stereocenters. The van der Waals surface area contributed by atoms with Crippen molar-refractivity contribution in [2.75, 3.05) is 7.11 Å². The van der Waals surface area contributed by atoms with Crippen molar-refractivity contribution < 1.29 is 9.47 Å². The number of ether oxygens (including phenoxy) is 2. The Balaban J connectivity index is 2.47. The van der Waals surface area contributed by atoms with Gasteiger partial charge in [-0.1, -0.05) is 27.2 Å². The molecule has 0 amide bonds. The van der Waals surface area contributed by atoms with Crippen molar-refractivity contribution in [3.63, 3.8) is 0 Å². The molecule has 2 heteroatoms. The van der Waals surface area contributed by atoms with Crippen LogP contribution < -0.4 is 0 Å². The summed E-state index contributed by atoms with van der Waals surface area (Å²) >= 11 is 0. The van der Waals surface area contributed by atoms with Gasteiger partial charge in [0.05, 0.1) is 6.10 Å². The Morgan fingerprint density at radius 2 is 2.07 bits per heavy atom. The van der Waals surface area contributed by atoms with E-state index in [2.05, 4.69) is 20.8 Å². The molecule has 0 aromatic carbocycles. The fourth-order valence-corrected chi connectivity index (χ4v) is 2.21. The van der Waals surface area contributed by atoms with Crippen LogP contribution in [-0.2, 0) is 9.47 Å². The topological polar surface area (TPSA) is 18.5 Å². The molecule has 1 heterocycles. The van der Waals surface area contributed by atoms with E-state index in [-0.39, 0.29) is 6.29 Å². The first-order valence-electron chi connectivity index (χ1n) is 5.85. The number of methoxy groups -OCH3 is 1. The Bertz CT molecular complexity index is 156. The minimum absolute atomic E-state index is 0.0349. The molecule has 0 radical (unpaired) electrons. The summed E-state index contributed by atoms with van der Waals surface area (Å²) in [6.45, 7) is 6.81. The number of hydrogen-bond acceptors (Lipinski definition) is 2. The first-order chi connectivity index (χ1) is 6.67. The van der Waals surface area contributed by atoms with Crippen LogP contribution in [0.3, 0.4) is 0 Å². The van der Waals surface area contributed by atoms with E-state index < -0.39 is 0 Å². The Hall–Kier alpha value is -0.0800. The molecular weight excluding hydrogens is 176 g/mol. The van der Waals surface area contributed by atoms with Gasteiger partial charge in [0.25, 0.3) is 0 Å². The predicted octanol–water partition coefficient (Wildman–Crippen LogP) is 3.21. The summed E-state index contributed by atoms with van der Waals surface area (Å²) in [5.74, 6) is 1.51. The Morgan fingerprint density at radius 3 is 2.57 bits per heavy atom. The van der Waals surface area contributed by atoms with Crippen LogP contribution in [0.5, 0.6) is 0 Å². The molecule has 0 N–H and O–H groups in total. The zero-order chi connectivity index (χ0) is 10.6. The molecule has 1 rings (SSSR count). The van der Waals surface area contributed by atoms with E-state index >= 15 is 0 Å². The second kappa shape index (κ2) is 5.72. The molecular formula is C12H24O2. The van der Waals surface area contributed by atoms with Gasteiger partial charge < -0.3 is 9.47 Å². The van der Waals surface area contributed by atoms with E-state index in [0.29, 0.717) is 6.10 Å². The van der Waals surface area contributed by atoms with Crippen LogP contribution in [-0.4, -0.2) is 19.5 Å². The van der Waals surface area contributed by atoms with Gasteiger partial charge in [-0.15, -0.1) is 0 Å². The minimum atomic E-state index is 0.0349. The van der Waals surface area contributed by atoms with Gasteiger partial charge in [0.2, 0.25) is 0 Å². The normalized spacial score (nSPS) is 33.6. The average molecular weight is 200 g/mol. The maximum Gasteiger partial charge on any atom is 0.157 e. The summed E-state index contributed by atoms with van der Waals surface area (Å²) in [7, 11) is 1.75. The molecule has 0 spiro atoms. The van der Waals surface area contributed by atoms with Crippen molar-refractivity contribution in [2.45, 2.75) is 58.8 Å². The van der Waals surface area contributed by atoms with Crippen molar-refractivity contribution in [1.82, 2.24) is 0 Å². The molecule has 1 aliphatic rings. The van der Waals surface area contributed by atoms with Gasteiger partial charge in [-0.25, -0.2) is 0 Å². The first kappa shape index (κ1) is 12.0. The SMILES string of the molecule is CCCC1CC(C(C)C)CC(OC)O1. The first-order valence-corrected chi connectivity index (χ1v) is 5.85. The quantitative estimate of drug-likeness (QED) is 0.693. The van der Waals surface area contributed by atoms with Crippen molar-refractivity contribution in [3.8, 4) is 0 Å². The summed E-state index contributed by atoms with van der Waals surface area (Å²) in [5, 5.41) is 0. The second-order valence-electron chi connectivity index (χ2n) is 4.69. The zero-order valence-electron chi connectivity index (χ0n) is 9.95. The fraction of sp³-hybridized carbons (Fsp3) is 1.00. The molecule has 1 fully saturated rings. The van der Waals surface area contributed by atoms with Crippen molar-refractivity contribution in [3.05, 3.63) is 0 Å². The van der Waals surface area contributed by atoms with Crippen molar-refractivity contribution >= 4 is 0 Å². The van der Waals surface area contributed by atoms with Gasteiger partial charge in [0.15, 0.2) is 6.29 Å². The third-order valence-electron chi connectivity index (χ3n) is 3.22. The molecule has 0 saturated carbocycles. The maximum atomic E-state index is 5.83. The third-order valence-corrected chi connectivity index (χ3v) is 3.22. The largest absolute Gasteiger partial charge is 0.356 e. The minimum Gasteiger partial charge on any atom is -0.356 e. The zero-order valence-corrected chi connectivity index (χ0v) is 9.95. The lowest BCUT2D eigenvalue weighted by atomic mass is 9.84. The highest BCUT2D eigenvalue weighted by Crippen LogP contribution is 2.32. The molecule has 0 aromatic heterocycles. The molecule has 0 bridgehead atoms. The van der Waals surface area contributed by atoms with E-state index in [4.69, 9.17) is 9.47 Å². The van der Waals surface area contributed by atoms with Gasteiger partial charge >= 0.3 is 0 Å². The van der Waals surface area contributed by atoms with Crippen LogP contribution in [0.25, 0.3) is 0 Å². The van der Waals surface area contributed by atoms with E-state index in [1.54, 1.807) is 7.11 Å². The lowest BCUT2D eigenvalue weighted by molar-refractivity contribution is -0.198. The molecule has 0 aromatic rings. The summed E-state index contributed by atoms with van der Waals surface area (Å²) in [4.78, 5) is 0. The van der Waals surface area contributed by atoms with Crippen LogP contribution in [0.4, 0.5) is 0 Å². The van der Waals surface area contributed by atoms with Crippen molar-refractivity contribution in [1.29, 1.82) is 0 Å². The molecule has 1 saturated heterocycles. The smallest absolute Gasteiger partial charge is 0.157 e. The molecule has 3 unspecified atom stereocenters. The van der Waals surface area contributed by atoms with Gasteiger partial charge in [0, 0.05) is 13.5 Å². The molecule has 14 heavy (non-hydrogen) atoms. The van der Waals surface area contributed by atoms with Crippen LogP contribution in [0.15, 0.2) is 0 Å². The lowest BCUT2D eigenvalue weighted by Gasteiger charge is -2.36. The molecule has 1 aliphatic heterocycles. The maximum absolute atomic E-state index is 5.83. The molecule has 2 nitrogen and oxygen atoms in total. The van der Waals surface area contributed by atoms with Crippen LogP contribution >= 0.6 is 0 Å². The lowest BCUT2D eigenvalue weighted by Crippen LogP contribution is -2.35.